The van der Waals surface area contributed by atoms with E-state index in [4.69, 9.17) is 4.74 Å². The Hall–Kier alpha value is -0.120. The Morgan fingerprint density at radius 3 is 2.50 bits per heavy atom. The smallest absolute Gasteiger partial charge is 0.0707 e. The molecule has 2 heterocycles. The van der Waals surface area contributed by atoms with Crippen LogP contribution in [0.2, 0.25) is 0 Å². The zero-order chi connectivity index (χ0) is 13.0. The molecule has 2 saturated heterocycles. The lowest BCUT2D eigenvalue weighted by molar-refractivity contribution is 0.0116. The molecule has 0 saturated carbocycles. The third-order valence-electron chi connectivity index (χ3n) is 4.49. The van der Waals surface area contributed by atoms with E-state index in [-0.39, 0.29) is 0 Å². The van der Waals surface area contributed by atoms with Gasteiger partial charge in [0.1, 0.15) is 0 Å². The minimum Gasteiger partial charge on any atom is -0.372 e. The molecule has 0 aromatic rings. The Kier molecular flexibility index (Phi) is 5.05. The minimum absolute atomic E-state index is 0.455. The second kappa shape index (κ2) is 6.36. The van der Waals surface area contributed by atoms with Crippen molar-refractivity contribution in [1.29, 1.82) is 0 Å². The van der Waals surface area contributed by atoms with Crippen molar-refractivity contribution in [3.05, 3.63) is 0 Å². The Balaban J connectivity index is 1.66. The van der Waals surface area contributed by atoms with E-state index in [1.165, 1.54) is 38.8 Å². The predicted octanol–water partition coefficient (Wildman–Crippen LogP) is 2.27. The predicted molar refractivity (Wildman–Crippen MR) is 75.9 cm³/mol. The van der Waals surface area contributed by atoms with Crippen LogP contribution in [0.5, 0.6) is 0 Å². The topological polar surface area (TPSA) is 24.5 Å². The van der Waals surface area contributed by atoms with Gasteiger partial charge in [-0.2, -0.15) is 0 Å². The van der Waals surface area contributed by atoms with Gasteiger partial charge >= 0.3 is 0 Å². The van der Waals surface area contributed by atoms with E-state index in [2.05, 4.69) is 31.0 Å². The number of hydrogen-bond donors (Lipinski definition) is 1. The van der Waals surface area contributed by atoms with Crippen molar-refractivity contribution in [2.45, 2.75) is 58.7 Å². The molecular formula is C15H30N2O. The van der Waals surface area contributed by atoms with Gasteiger partial charge in [0.05, 0.1) is 12.2 Å². The average molecular weight is 254 g/mol. The van der Waals surface area contributed by atoms with Crippen molar-refractivity contribution in [3.8, 4) is 0 Å². The number of hydrogen-bond acceptors (Lipinski definition) is 3. The third-order valence-corrected chi connectivity index (χ3v) is 4.49. The molecule has 3 nitrogen and oxygen atoms in total. The summed E-state index contributed by atoms with van der Waals surface area (Å²) in [7, 11) is 0. The maximum Gasteiger partial charge on any atom is 0.0707 e. The van der Waals surface area contributed by atoms with Crippen molar-refractivity contribution in [2.75, 3.05) is 32.7 Å². The summed E-state index contributed by atoms with van der Waals surface area (Å²) in [5, 5.41) is 3.39. The van der Waals surface area contributed by atoms with Crippen LogP contribution < -0.4 is 5.32 Å². The summed E-state index contributed by atoms with van der Waals surface area (Å²) in [5.41, 5.74) is 0.556. The SMILES string of the molecule is CCNCC1CCC(CN2CCC(C)(C)CC2)O1. The zero-order valence-electron chi connectivity index (χ0n) is 12.4. The van der Waals surface area contributed by atoms with Gasteiger partial charge in [0.15, 0.2) is 0 Å². The molecule has 2 aliphatic rings. The van der Waals surface area contributed by atoms with Gasteiger partial charge in [0.2, 0.25) is 0 Å². The van der Waals surface area contributed by atoms with Gasteiger partial charge in [-0.25, -0.2) is 0 Å². The van der Waals surface area contributed by atoms with Crippen LogP contribution in [0.15, 0.2) is 0 Å². The third kappa shape index (κ3) is 4.22. The summed E-state index contributed by atoms with van der Waals surface area (Å²) in [6.07, 6.45) is 6.08. The number of nitrogens with one attached hydrogen (secondary N) is 1. The van der Waals surface area contributed by atoms with Crippen LogP contribution in [0.25, 0.3) is 0 Å². The van der Waals surface area contributed by atoms with Crippen LogP contribution in [-0.2, 0) is 4.74 Å². The van der Waals surface area contributed by atoms with Gasteiger partial charge in [0.25, 0.3) is 0 Å². The number of ether oxygens (including phenoxy) is 1. The van der Waals surface area contributed by atoms with Crippen LogP contribution in [-0.4, -0.2) is 49.8 Å². The maximum absolute atomic E-state index is 6.11. The summed E-state index contributed by atoms with van der Waals surface area (Å²) in [5.74, 6) is 0. The van der Waals surface area contributed by atoms with Gasteiger partial charge in [-0.1, -0.05) is 20.8 Å². The van der Waals surface area contributed by atoms with Crippen molar-refractivity contribution >= 4 is 0 Å². The van der Waals surface area contributed by atoms with Crippen LogP contribution in [0.4, 0.5) is 0 Å². The first kappa shape index (κ1) is 14.3. The molecule has 0 radical (unpaired) electrons. The summed E-state index contributed by atoms with van der Waals surface area (Å²) >= 11 is 0. The molecule has 18 heavy (non-hydrogen) atoms. The van der Waals surface area contributed by atoms with E-state index in [0.717, 1.165) is 19.6 Å². The Bertz CT molecular complexity index is 245. The lowest BCUT2D eigenvalue weighted by atomic mass is 9.82. The lowest BCUT2D eigenvalue weighted by Gasteiger charge is -2.37. The van der Waals surface area contributed by atoms with Crippen molar-refractivity contribution in [1.82, 2.24) is 10.2 Å². The molecule has 0 aliphatic carbocycles. The molecule has 2 unspecified atom stereocenters. The van der Waals surface area contributed by atoms with E-state index < -0.39 is 0 Å². The average Bonchev–Trinajstić information content (AvgIpc) is 2.77. The molecule has 3 heteroatoms. The molecule has 2 fully saturated rings. The molecule has 0 amide bonds. The Labute approximate surface area is 112 Å². The lowest BCUT2D eigenvalue weighted by Crippen LogP contribution is -2.41. The Morgan fingerprint density at radius 1 is 1.17 bits per heavy atom. The second-order valence-electron chi connectivity index (χ2n) is 6.73. The van der Waals surface area contributed by atoms with Crippen LogP contribution >= 0.6 is 0 Å². The normalized spacial score (nSPS) is 32.8. The zero-order valence-corrected chi connectivity index (χ0v) is 12.4. The van der Waals surface area contributed by atoms with E-state index in [1.54, 1.807) is 0 Å². The molecule has 0 aromatic carbocycles. The monoisotopic (exact) mass is 254 g/mol. The second-order valence-corrected chi connectivity index (χ2v) is 6.73. The first-order valence-corrected chi connectivity index (χ1v) is 7.67. The van der Waals surface area contributed by atoms with Gasteiger partial charge in [-0.05, 0) is 50.7 Å². The van der Waals surface area contributed by atoms with Crippen molar-refractivity contribution in [3.63, 3.8) is 0 Å². The number of nitrogens with zero attached hydrogens (tertiary/aromatic N) is 1. The minimum atomic E-state index is 0.455. The van der Waals surface area contributed by atoms with Crippen LogP contribution in [0.3, 0.4) is 0 Å². The highest BCUT2D eigenvalue weighted by Crippen LogP contribution is 2.30. The molecule has 0 aromatic heterocycles. The quantitative estimate of drug-likeness (QED) is 0.814. The van der Waals surface area contributed by atoms with Gasteiger partial charge < -0.3 is 15.0 Å². The highest BCUT2D eigenvalue weighted by atomic mass is 16.5. The number of rotatable bonds is 5. The first-order chi connectivity index (χ1) is 8.59. The van der Waals surface area contributed by atoms with Crippen molar-refractivity contribution < 1.29 is 4.74 Å². The van der Waals surface area contributed by atoms with Gasteiger partial charge in [-0.15, -0.1) is 0 Å². The number of likely N-dealkylation sites (N-methyl/N-ethyl adjacent to an activating group) is 1. The van der Waals surface area contributed by atoms with E-state index in [1.807, 2.05) is 0 Å². The Morgan fingerprint density at radius 2 is 1.83 bits per heavy atom. The molecule has 2 atom stereocenters. The molecule has 2 rings (SSSR count). The summed E-state index contributed by atoms with van der Waals surface area (Å²) in [6, 6.07) is 0. The molecule has 0 spiro atoms. The number of likely N-dealkylation sites (tertiary alicyclic amines) is 1. The van der Waals surface area contributed by atoms with E-state index in [0.29, 0.717) is 17.6 Å². The fraction of sp³-hybridized carbons (Fsp3) is 1.00. The molecular weight excluding hydrogens is 224 g/mol. The number of piperidine rings is 1. The highest BCUT2D eigenvalue weighted by Gasteiger charge is 2.30. The van der Waals surface area contributed by atoms with E-state index >= 15 is 0 Å². The summed E-state index contributed by atoms with van der Waals surface area (Å²) < 4.78 is 6.11. The molecule has 0 bridgehead atoms. The molecule has 1 N–H and O–H groups in total. The first-order valence-electron chi connectivity index (χ1n) is 7.67. The standard InChI is InChI=1S/C15H30N2O/c1-4-16-11-13-5-6-14(18-13)12-17-9-7-15(2,3)8-10-17/h13-14,16H,4-12H2,1-3H3. The summed E-state index contributed by atoms with van der Waals surface area (Å²) in [4.78, 5) is 2.60. The highest BCUT2D eigenvalue weighted by molar-refractivity contribution is 4.82. The largest absolute Gasteiger partial charge is 0.372 e. The van der Waals surface area contributed by atoms with Gasteiger partial charge in [-0.3, -0.25) is 0 Å². The van der Waals surface area contributed by atoms with Gasteiger partial charge in [0, 0.05) is 13.1 Å². The fourth-order valence-corrected chi connectivity index (χ4v) is 3.00. The van der Waals surface area contributed by atoms with Crippen LogP contribution in [0, 0.1) is 5.41 Å². The van der Waals surface area contributed by atoms with Crippen LogP contribution in [0.1, 0.15) is 46.5 Å². The maximum atomic E-state index is 6.11. The van der Waals surface area contributed by atoms with Crippen molar-refractivity contribution in [2.24, 2.45) is 5.41 Å². The molecule has 2 aliphatic heterocycles. The van der Waals surface area contributed by atoms with E-state index in [9.17, 15) is 0 Å². The molecule has 106 valence electrons. The fourth-order valence-electron chi connectivity index (χ4n) is 3.00. The summed E-state index contributed by atoms with van der Waals surface area (Å²) in [6.45, 7) is 12.7.